The fourth-order valence-corrected chi connectivity index (χ4v) is 6.59. The van der Waals surface area contributed by atoms with Crippen molar-refractivity contribution in [1.82, 2.24) is 15.1 Å². The Morgan fingerprint density at radius 1 is 0.972 bits per heavy atom. The molecule has 1 aromatic heterocycles. The van der Waals surface area contributed by atoms with Gasteiger partial charge in [-0.1, -0.05) is 36.4 Å². The van der Waals surface area contributed by atoms with Gasteiger partial charge in [0.2, 0.25) is 9.84 Å². The summed E-state index contributed by atoms with van der Waals surface area (Å²) in [5, 5.41) is 6.25. The summed E-state index contributed by atoms with van der Waals surface area (Å²) in [5.41, 5.74) is 2.30. The summed E-state index contributed by atoms with van der Waals surface area (Å²) >= 11 is 7.12. The maximum atomic E-state index is 13.1. The molecule has 36 heavy (non-hydrogen) atoms. The second kappa shape index (κ2) is 9.82. The Kier molecular flexibility index (Phi) is 6.59. The molecule has 0 spiro atoms. The first-order valence-electron chi connectivity index (χ1n) is 10.8. The highest BCUT2D eigenvalue weighted by Crippen LogP contribution is 2.34. The summed E-state index contributed by atoms with van der Waals surface area (Å²) in [5.74, 6) is -0.958. The van der Waals surface area contributed by atoms with E-state index in [4.69, 9.17) is 11.8 Å². The number of nitrogens with one attached hydrogen (secondary N) is 3. The van der Waals surface area contributed by atoms with Gasteiger partial charge in [0.25, 0.3) is 11.8 Å². The normalized spacial score (nSPS) is 13.8. The fourth-order valence-electron chi connectivity index (χ4n) is 3.94. The molecule has 2 heterocycles. The Bertz CT molecular complexity index is 1600. The van der Waals surface area contributed by atoms with Gasteiger partial charge in [0.15, 0.2) is 0 Å². The molecule has 0 unspecified atom stereocenters. The predicted molar refractivity (Wildman–Crippen MR) is 138 cm³/mol. The van der Waals surface area contributed by atoms with E-state index in [0.29, 0.717) is 6.54 Å². The fraction of sp³-hybridized carbons (Fsp3) is 0.0800. The van der Waals surface area contributed by atoms with Crippen LogP contribution in [0.1, 0.15) is 31.2 Å². The molecule has 0 saturated heterocycles. The van der Waals surface area contributed by atoms with E-state index in [1.165, 1.54) is 41.7 Å². The van der Waals surface area contributed by atoms with Crippen LogP contribution in [0.4, 0.5) is 5.69 Å². The topological polar surface area (TPSA) is 117 Å². The monoisotopic (exact) mass is 538 g/mol. The van der Waals surface area contributed by atoms with Crippen LogP contribution < -0.4 is 15.5 Å². The molecule has 2 amide bonds. The Hall–Kier alpha value is -3.57. The van der Waals surface area contributed by atoms with Crippen molar-refractivity contribution < 1.29 is 18.0 Å². The van der Waals surface area contributed by atoms with E-state index in [1.54, 1.807) is 18.3 Å². The van der Waals surface area contributed by atoms with Gasteiger partial charge in [-0.2, -0.15) is 0 Å². The Labute approximate surface area is 216 Å². The maximum absolute atomic E-state index is 13.1. The zero-order valence-corrected chi connectivity index (χ0v) is 21.0. The van der Waals surface area contributed by atoms with E-state index in [0.717, 1.165) is 21.0 Å². The van der Waals surface area contributed by atoms with Gasteiger partial charge in [-0.05, 0) is 47.7 Å². The number of rotatable bonds is 6. The molecule has 182 valence electrons. The number of hydrogen-bond acceptors (Lipinski definition) is 7. The second-order valence-corrected chi connectivity index (χ2v) is 11.2. The summed E-state index contributed by atoms with van der Waals surface area (Å²) in [6.45, 7) is 0.721. The number of nitrogens with zero attached hydrogens (tertiary/aromatic N) is 1. The number of anilines is 1. The van der Waals surface area contributed by atoms with Gasteiger partial charge >= 0.3 is 0 Å². The molecule has 0 atom stereocenters. The highest BCUT2D eigenvalue weighted by atomic mass is 35.5. The number of amides is 2. The van der Waals surface area contributed by atoms with Gasteiger partial charge in [0, 0.05) is 28.7 Å². The molecule has 11 heteroatoms. The predicted octanol–water partition coefficient (Wildman–Crippen LogP) is 4.38. The zero-order valence-electron chi connectivity index (χ0n) is 18.6. The average molecular weight is 539 g/mol. The molecule has 5 rings (SSSR count). The van der Waals surface area contributed by atoms with Crippen LogP contribution in [0.3, 0.4) is 0 Å². The minimum Gasteiger partial charge on any atom is -0.347 e. The largest absolute Gasteiger partial charge is 0.347 e. The maximum Gasteiger partial charge on any atom is 0.257 e. The van der Waals surface area contributed by atoms with Crippen molar-refractivity contribution in [3.8, 4) is 10.6 Å². The van der Waals surface area contributed by atoms with Gasteiger partial charge in [-0.3, -0.25) is 9.59 Å². The van der Waals surface area contributed by atoms with Crippen molar-refractivity contribution in [2.45, 2.75) is 22.9 Å². The number of carbonyl (C=O) groups is 2. The summed E-state index contributed by atoms with van der Waals surface area (Å²) < 4.78 is 26.3. The van der Waals surface area contributed by atoms with Crippen molar-refractivity contribution in [1.29, 1.82) is 0 Å². The first kappa shape index (κ1) is 24.1. The highest BCUT2D eigenvalue weighted by molar-refractivity contribution is 7.91. The number of hydrogen-bond donors (Lipinski definition) is 3. The van der Waals surface area contributed by atoms with E-state index in [2.05, 4.69) is 20.5 Å². The molecule has 3 aromatic carbocycles. The molecular weight excluding hydrogens is 520 g/mol. The number of fused-ring (bicyclic) bond motifs is 2. The lowest BCUT2D eigenvalue weighted by molar-refractivity contribution is 0.0949. The number of thiazole rings is 1. The number of benzene rings is 3. The van der Waals surface area contributed by atoms with Crippen molar-refractivity contribution >= 4 is 50.5 Å². The van der Waals surface area contributed by atoms with E-state index >= 15 is 0 Å². The standard InChI is InChI=1S/C25H19ClN4O4S2/c26-29-12-16-5-1-2-6-18(16)25-28-14-17(35-25)13-27-23(31)15-9-10-22-20(11-15)30-24(32)19-7-3-4-8-21(19)36(22,33)34/h1-11,14,29H,12-13H2,(H,27,31)(H,30,32). The molecular formula is C25H19ClN4O4S2. The zero-order chi connectivity index (χ0) is 25.3. The van der Waals surface area contributed by atoms with Crippen molar-refractivity contribution in [2.24, 2.45) is 0 Å². The molecule has 0 fully saturated rings. The van der Waals surface area contributed by atoms with Crippen molar-refractivity contribution in [3.05, 3.63) is 94.5 Å². The van der Waals surface area contributed by atoms with E-state index < -0.39 is 21.7 Å². The minimum absolute atomic E-state index is 0.0594. The van der Waals surface area contributed by atoms with Gasteiger partial charge in [-0.25, -0.2) is 18.2 Å². The van der Waals surface area contributed by atoms with Crippen molar-refractivity contribution in [3.63, 3.8) is 0 Å². The number of sulfone groups is 1. The number of halogens is 1. The quantitative estimate of drug-likeness (QED) is 0.314. The SMILES string of the molecule is O=C(NCc1cnc(-c2ccccc2CNCl)s1)c1ccc2c(c1)NC(=O)c1ccccc1S2(=O)=O. The third kappa shape index (κ3) is 4.51. The Balaban J connectivity index is 1.35. The van der Waals surface area contributed by atoms with Crippen LogP contribution in [0.2, 0.25) is 0 Å². The van der Waals surface area contributed by atoms with Crippen molar-refractivity contribution in [2.75, 3.05) is 5.32 Å². The first-order chi connectivity index (χ1) is 17.4. The lowest BCUT2D eigenvalue weighted by Gasteiger charge is -2.10. The summed E-state index contributed by atoms with van der Waals surface area (Å²) in [7, 11) is -3.93. The molecule has 3 N–H and O–H groups in total. The third-order valence-corrected chi connectivity index (χ3v) is 8.72. The molecule has 1 aliphatic rings. The minimum atomic E-state index is -3.93. The molecule has 0 radical (unpaired) electrons. The molecule has 0 bridgehead atoms. The van der Waals surface area contributed by atoms with E-state index in [-0.39, 0.29) is 33.2 Å². The van der Waals surface area contributed by atoms with Crippen LogP contribution in [0.15, 0.2) is 82.7 Å². The number of carbonyl (C=O) groups excluding carboxylic acids is 2. The number of aromatic nitrogens is 1. The smallest absolute Gasteiger partial charge is 0.257 e. The highest BCUT2D eigenvalue weighted by Gasteiger charge is 2.31. The van der Waals surface area contributed by atoms with Gasteiger partial charge in [-0.15, -0.1) is 11.3 Å². The van der Waals surface area contributed by atoms with Crippen LogP contribution in [0.5, 0.6) is 0 Å². The lowest BCUT2D eigenvalue weighted by Crippen LogP contribution is -2.22. The van der Waals surface area contributed by atoms with Crippen LogP contribution in [0, 0.1) is 0 Å². The molecule has 4 aromatic rings. The Morgan fingerprint density at radius 3 is 2.53 bits per heavy atom. The molecule has 0 aliphatic carbocycles. The first-order valence-corrected chi connectivity index (χ1v) is 13.5. The molecule has 1 aliphatic heterocycles. The van der Waals surface area contributed by atoms with Crippen LogP contribution in [-0.4, -0.2) is 25.2 Å². The van der Waals surface area contributed by atoms with Gasteiger partial charge < -0.3 is 10.6 Å². The van der Waals surface area contributed by atoms with Crippen LogP contribution in [0.25, 0.3) is 10.6 Å². The van der Waals surface area contributed by atoms with E-state index in [1.807, 2.05) is 24.3 Å². The summed E-state index contributed by atoms with van der Waals surface area (Å²) in [6, 6.07) is 17.9. The average Bonchev–Trinajstić information content (AvgIpc) is 3.33. The van der Waals surface area contributed by atoms with Gasteiger partial charge in [0.05, 0.1) is 27.6 Å². The lowest BCUT2D eigenvalue weighted by atomic mass is 10.1. The van der Waals surface area contributed by atoms with Gasteiger partial charge in [0.1, 0.15) is 5.01 Å². The summed E-state index contributed by atoms with van der Waals surface area (Å²) in [4.78, 5) is 33.3. The third-order valence-electron chi connectivity index (χ3n) is 5.68. The van der Waals surface area contributed by atoms with E-state index in [9.17, 15) is 18.0 Å². The second-order valence-electron chi connectivity index (χ2n) is 7.95. The molecule has 0 saturated carbocycles. The Morgan fingerprint density at radius 2 is 1.72 bits per heavy atom. The molecule has 8 nitrogen and oxygen atoms in total. The summed E-state index contributed by atoms with van der Waals surface area (Å²) in [6.07, 6.45) is 1.70. The van der Waals surface area contributed by atoms with Crippen LogP contribution in [-0.2, 0) is 22.9 Å². The van der Waals surface area contributed by atoms with Crippen LogP contribution >= 0.6 is 23.1 Å².